The van der Waals surface area contributed by atoms with E-state index in [4.69, 9.17) is 0 Å². The number of hydrogen-bond acceptors (Lipinski definition) is 2. The van der Waals surface area contributed by atoms with E-state index in [1.54, 1.807) is 6.20 Å². The molecule has 1 N–H and O–H groups in total. The predicted molar refractivity (Wildman–Crippen MR) is 72.5 cm³/mol. The highest BCUT2D eigenvalue weighted by Crippen LogP contribution is 2.23. The van der Waals surface area contributed by atoms with Gasteiger partial charge in [-0.1, -0.05) is 36.2 Å². The van der Waals surface area contributed by atoms with Crippen LogP contribution in [-0.4, -0.2) is 14.9 Å². The molecule has 96 valence electrons. The van der Waals surface area contributed by atoms with Gasteiger partial charge in [-0.05, 0) is 25.8 Å². The summed E-state index contributed by atoms with van der Waals surface area (Å²) < 4.78 is 1.88. The molecule has 0 radical (unpaired) electrons. The van der Waals surface area contributed by atoms with Crippen LogP contribution in [0.4, 0.5) is 0 Å². The minimum atomic E-state index is -0.589. The molecule has 0 aliphatic heterocycles. The zero-order valence-electron chi connectivity index (χ0n) is 11.2. The molecule has 0 aliphatic carbocycles. The fourth-order valence-corrected chi connectivity index (χ4v) is 2.23. The first kappa shape index (κ1) is 12.8. The van der Waals surface area contributed by atoms with E-state index in [0.29, 0.717) is 0 Å². The summed E-state index contributed by atoms with van der Waals surface area (Å²) in [6.45, 7) is 7.09. The van der Waals surface area contributed by atoms with E-state index in [2.05, 4.69) is 18.1 Å². The Labute approximate surface area is 108 Å². The van der Waals surface area contributed by atoms with Gasteiger partial charge in [0.1, 0.15) is 6.10 Å². The van der Waals surface area contributed by atoms with Crippen LogP contribution in [0.2, 0.25) is 0 Å². The Balaban J connectivity index is 2.26. The molecule has 0 amide bonds. The standard InChI is InChI=1S/C15H20N2O/c1-4-5-17-10-14(9-16-17)15(18)13-7-11(2)6-12(3)8-13/h6-10,15,18H,4-5H2,1-3H3. The van der Waals surface area contributed by atoms with Gasteiger partial charge in [0.25, 0.3) is 0 Å². The number of aryl methyl sites for hydroxylation is 3. The lowest BCUT2D eigenvalue weighted by Gasteiger charge is -2.11. The zero-order chi connectivity index (χ0) is 13.1. The molecule has 0 aliphatic rings. The van der Waals surface area contributed by atoms with E-state index in [0.717, 1.165) is 24.1 Å². The lowest BCUT2D eigenvalue weighted by atomic mass is 10.00. The minimum Gasteiger partial charge on any atom is -0.384 e. The van der Waals surface area contributed by atoms with Crippen LogP contribution in [0.5, 0.6) is 0 Å². The Morgan fingerprint density at radius 2 is 1.83 bits per heavy atom. The first-order chi connectivity index (χ1) is 8.60. The van der Waals surface area contributed by atoms with Crippen molar-refractivity contribution in [1.29, 1.82) is 0 Å². The third kappa shape index (κ3) is 2.79. The molecule has 2 rings (SSSR count). The van der Waals surface area contributed by atoms with Gasteiger partial charge in [0, 0.05) is 18.3 Å². The van der Waals surface area contributed by atoms with Crippen molar-refractivity contribution in [3.05, 3.63) is 52.8 Å². The highest BCUT2D eigenvalue weighted by atomic mass is 16.3. The minimum absolute atomic E-state index is 0.589. The molecule has 1 atom stereocenters. The smallest absolute Gasteiger partial charge is 0.107 e. The van der Waals surface area contributed by atoms with Crippen LogP contribution in [-0.2, 0) is 6.54 Å². The number of hydrogen-bond donors (Lipinski definition) is 1. The lowest BCUT2D eigenvalue weighted by Crippen LogP contribution is -2.00. The van der Waals surface area contributed by atoms with E-state index < -0.39 is 6.10 Å². The quantitative estimate of drug-likeness (QED) is 0.897. The van der Waals surface area contributed by atoms with Crippen LogP contribution >= 0.6 is 0 Å². The van der Waals surface area contributed by atoms with Crippen molar-refractivity contribution in [3.63, 3.8) is 0 Å². The van der Waals surface area contributed by atoms with Crippen LogP contribution in [0.3, 0.4) is 0 Å². The molecule has 0 fully saturated rings. The van der Waals surface area contributed by atoms with Crippen molar-refractivity contribution in [2.24, 2.45) is 0 Å². The average molecular weight is 244 g/mol. The highest BCUT2D eigenvalue weighted by Gasteiger charge is 2.13. The number of benzene rings is 1. The molecule has 3 nitrogen and oxygen atoms in total. The highest BCUT2D eigenvalue weighted by molar-refractivity contribution is 5.34. The number of nitrogens with zero attached hydrogens (tertiary/aromatic N) is 2. The van der Waals surface area contributed by atoms with Crippen LogP contribution in [0, 0.1) is 13.8 Å². The number of aromatic nitrogens is 2. The maximum atomic E-state index is 10.4. The normalized spacial score (nSPS) is 12.7. The van der Waals surface area contributed by atoms with Gasteiger partial charge in [0.2, 0.25) is 0 Å². The van der Waals surface area contributed by atoms with Crippen molar-refractivity contribution >= 4 is 0 Å². The fraction of sp³-hybridized carbons (Fsp3) is 0.400. The molecule has 0 bridgehead atoms. The second-order valence-corrected chi connectivity index (χ2v) is 4.86. The number of rotatable bonds is 4. The van der Waals surface area contributed by atoms with Gasteiger partial charge in [-0.2, -0.15) is 5.10 Å². The van der Waals surface area contributed by atoms with Crippen LogP contribution in [0.1, 0.15) is 41.7 Å². The third-order valence-electron chi connectivity index (χ3n) is 2.98. The predicted octanol–water partition coefficient (Wildman–Crippen LogP) is 2.99. The lowest BCUT2D eigenvalue weighted by molar-refractivity contribution is 0.220. The van der Waals surface area contributed by atoms with E-state index in [9.17, 15) is 5.11 Å². The van der Waals surface area contributed by atoms with Crippen molar-refractivity contribution in [2.75, 3.05) is 0 Å². The third-order valence-corrected chi connectivity index (χ3v) is 2.98. The molecule has 1 aromatic heterocycles. The molecule has 3 heteroatoms. The molecule has 1 unspecified atom stereocenters. The summed E-state index contributed by atoms with van der Waals surface area (Å²) in [7, 11) is 0. The Morgan fingerprint density at radius 1 is 1.17 bits per heavy atom. The second kappa shape index (κ2) is 5.36. The largest absolute Gasteiger partial charge is 0.384 e. The molecule has 18 heavy (non-hydrogen) atoms. The summed E-state index contributed by atoms with van der Waals surface area (Å²) in [6.07, 6.45) is 4.12. The number of aliphatic hydroxyl groups is 1. The first-order valence-electron chi connectivity index (χ1n) is 6.38. The maximum absolute atomic E-state index is 10.4. The topological polar surface area (TPSA) is 38.0 Å². The molecular formula is C15H20N2O. The van der Waals surface area contributed by atoms with Crippen LogP contribution < -0.4 is 0 Å². The van der Waals surface area contributed by atoms with E-state index >= 15 is 0 Å². The molecule has 0 spiro atoms. The van der Waals surface area contributed by atoms with E-state index in [1.165, 1.54) is 11.1 Å². The summed E-state index contributed by atoms with van der Waals surface area (Å²) in [6, 6.07) is 6.15. The molecule has 0 saturated heterocycles. The van der Waals surface area contributed by atoms with Crippen LogP contribution in [0.25, 0.3) is 0 Å². The van der Waals surface area contributed by atoms with Gasteiger partial charge in [0.05, 0.1) is 6.20 Å². The second-order valence-electron chi connectivity index (χ2n) is 4.86. The summed E-state index contributed by atoms with van der Waals surface area (Å²) in [5.74, 6) is 0. The Kier molecular flexibility index (Phi) is 3.82. The van der Waals surface area contributed by atoms with E-state index in [-0.39, 0.29) is 0 Å². The fourth-order valence-electron chi connectivity index (χ4n) is 2.23. The Bertz CT molecular complexity index is 511. The Morgan fingerprint density at radius 3 is 2.44 bits per heavy atom. The SMILES string of the molecule is CCCn1cc(C(O)c2cc(C)cc(C)c2)cn1. The maximum Gasteiger partial charge on any atom is 0.107 e. The van der Waals surface area contributed by atoms with E-state index in [1.807, 2.05) is 36.9 Å². The molecular weight excluding hydrogens is 224 g/mol. The molecule has 2 aromatic rings. The van der Waals surface area contributed by atoms with Gasteiger partial charge < -0.3 is 5.11 Å². The Hall–Kier alpha value is -1.61. The molecule has 1 aromatic carbocycles. The van der Waals surface area contributed by atoms with Crippen molar-refractivity contribution in [3.8, 4) is 0 Å². The summed E-state index contributed by atoms with van der Waals surface area (Å²) >= 11 is 0. The summed E-state index contributed by atoms with van der Waals surface area (Å²) in [5.41, 5.74) is 4.13. The first-order valence-corrected chi connectivity index (χ1v) is 6.38. The number of aliphatic hydroxyl groups excluding tert-OH is 1. The van der Waals surface area contributed by atoms with Crippen molar-refractivity contribution in [2.45, 2.75) is 39.8 Å². The van der Waals surface area contributed by atoms with Gasteiger partial charge in [-0.3, -0.25) is 4.68 Å². The van der Waals surface area contributed by atoms with Gasteiger partial charge >= 0.3 is 0 Å². The summed E-state index contributed by atoms with van der Waals surface area (Å²) in [4.78, 5) is 0. The molecule has 1 heterocycles. The molecule has 0 saturated carbocycles. The zero-order valence-corrected chi connectivity index (χ0v) is 11.2. The average Bonchev–Trinajstić information content (AvgIpc) is 2.76. The van der Waals surface area contributed by atoms with Gasteiger partial charge in [-0.25, -0.2) is 0 Å². The van der Waals surface area contributed by atoms with Crippen LogP contribution in [0.15, 0.2) is 30.6 Å². The van der Waals surface area contributed by atoms with Gasteiger partial charge in [0.15, 0.2) is 0 Å². The van der Waals surface area contributed by atoms with Gasteiger partial charge in [-0.15, -0.1) is 0 Å². The monoisotopic (exact) mass is 244 g/mol. The van der Waals surface area contributed by atoms with Crippen molar-refractivity contribution < 1.29 is 5.11 Å². The van der Waals surface area contributed by atoms with Crippen molar-refractivity contribution in [1.82, 2.24) is 9.78 Å². The summed E-state index contributed by atoms with van der Waals surface area (Å²) in [5, 5.41) is 14.6.